The van der Waals surface area contributed by atoms with Crippen LogP contribution in [0.2, 0.25) is 0 Å². The summed E-state index contributed by atoms with van der Waals surface area (Å²) in [6.45, 7) is 2.15. The van der Waals surface area contributed by atoms with E-state index >= 15 is 0 Å². The first-order valence-corrected chi connectivity index (χ1v) is 11.0. The number of benzene rings is 1. The van der Waals surface area contributed by atoms with Crippen molar-refractivity contribution in [3.8, 4) is 0 Å². The third-order valence-corrected chi connectivity index (χ3v) is 7.19. The minimum atomic E-state index is -5.52. The van der Waals surface area contributed by atoms with Gasteiger partial charge in [-0.1, -0.05) is 6.92 Å². The first-order valence-electron chi connectivity index (χ1n) is 9.52. The minimum absolute atomic E-state index is 0.0235. The highest BCUT2D eigenvalue weighted by Crippen LogP contribution is 2.50. The summed E-state index contributed by atoms with van der Waals surface area (Å²) < 4.78 is 61.4. The van der Waals surface area contributed by atoms with Crippen molar-refractivity contribution < 1.29 is 31.2 Å². The minimum Gasteiger partial charge on any atom is -0.305 e. The van der Waals surface area contributed by atoms with Gasteiger partial charge in [0.05, 0.1) is 10.6 Å². The van der Waals surface area contributed by atoms with Gasteiger partial charge in [-0.25, -0.2) is 18.1 Å². The predicted molar refractivity (Wildman–Crippen MR) is 104 cm³/mol. The van der Waals surface area contributed by atoms with Gasteiger partial charge in [0.1, 0.15) is 5.54 Å². The van der Waals surface area contributed by atoms with Crippen LogP contribution in [0, 0.1) is 0 Å². The van der Waals surface area contributed by atoms with E-state index < -0.39 is 37.7 Å². The summed E-state index contributed by atoms with van der Waals surface area (Å²) in [5, 5.41) is 0. The smallest absolute Gasteiger partial charge is 0.305 e. The van der Waals surface area contributed by atoms with Crippen LogP contribution in [0.4, 0.5) is 23.7 Å². The number of imide groups is 1. The summed E-state index contributed by atoms with van der Waals surface area (Å²) in [7, 11) is -5.52. The molecule has 11 heteroatoms. The van der Waals surface area contributed by atoms with Gasteiger partial charge in [-0.15, -0.1) is 0 Å². The molecule has 0 bridgehead atoms. The molecule has 2 aliphatic rings. The molecule has 31 heavy (non-hydrogen) atoms. The molecule has 3 amide bonds. The van der Waals surface area contributed by atoms with Crippen molar-refractivity contribution in [2.45, 2.75) is 48.7 Å². The Bertz CT molecular complexity index is 1160. The van der Waals surface area contributed by atoms with Crippen molar-refractivity contribution in [2.75, 3.05) is 4.90 Å². The van der Waals surface area contributed by atoms with Gasteiger partial charge in [0.15, 0.2) is 0 Å². The van der Waals surface area contributed by atoms with Crippen LogP contribution in [0.5, 0.6) is 0 Å². The molecule has 1 aromatic heterocycles. The number of hydrogen-bond donors (Lipinski definition) is 0. The van der Waals surface area contributed by atoms with Crippen LogP contribution in [0.25, 0.3) is 0 Å². The van der Waals surface area contributed by atoms with E-state index in [1.165, 1.54) is 4.90 Å². The Morgan fingerprint density at radius 1 is 1.06 bits per heavy atom. The van der Waals surface area contributed by atoms with Crippen molar-refractivity contribution in [1.82, 2.24) is 9.88 Å². The van der Waals surface area contributed by atoms with Crippen molar-refractivity contribution in [3.63, 3.8) is 0 Å². The zero-order valence-electron chi connectivity index (χ0n) is 16.4. The molecule has 0 radical (unpaired) electrons. The van der Waals surface area contributed by atoms with Crippen molar-refractivity contribution in [3.05, 3.63) is 53.9 Å². The summed E-state index contributed by atoms with van der Waals surface area (Å²) >= 11 is 0. The Hall–Kier alpha value is -2.95. The van der Waals surface area contributed by atoms with Crippen LogP contribution in [-0.4, -0.2) is 41.3 Å². The fraction of sp³-hybridized carbons (Fsp3) is 0.350. The quantitative estimate of drug-likeness (QED) is 0.648. The van der Waals surface area contributed by atoms with Gasteiger partial charge in [-0.05, 0) is 60.7 Å². The van der Waals surface area contributed by atoms with Crippen LogP contribution in [0.15, 0.2) is 47.6 Å². The van der Waals surface area contributed by atoms with E-state index in [1.54, 1.807) is 18.5 Å². The number of aromatic nitrogens is 1. The Kier molecular flexibility index (Phi) is 4.84. The largest absolute Gasteiger partial charge is 0.501 e. The summed E-state index contributed by atoms with van der Waals surface area (Å²) in [6, 6.07) is 4.77. The molecule has 1 aliphatic carbocycles. The molecule has 1 spiro atoms. The first-order chi connectivity index (χ1) is 14.5. The number of alkyl halides is 3. The molecule has 1 aliphatic heterocycles. The Labute approximate surface area is 176 Å². The number of rotatable bonds is 5. The fourth-order valence-corrected chi connectivity index (χ4v) is 4.53. The van der Waals surface area contributed by atoms with Gasteiger partial charge in [-0.3, -0.25) is 9.78 Å². The number of hydrogen-bond acceptors (Lipinski definition) is 5. The molecule has 0 atom stereocenters. The highest BCUT2D eigenvalue weighted by Gasteiger charge is 2.65. The second kappa shape index (κ2) is 7.04. The lowest BCUT2D eigenvalue weighted by Gasteiger charge is -2.22. The Morgan fingerprint density at radius 2 is 1.71 bits per heavy atom. The lowest BCUT2D eigenvalue weighted by Crippen LogP contribution is -2.36. The number of urea groups is 1. The average molecular weight is 453 g/mol. The molecule has 0 N–H and O–H groups in total. The third kappa shape index (κ3) is 3.27. The maximum absolute atomic E-state index is 13.1. The standard InChI is InChI=1S/C20H18F3N3O4S/c1-2-13-11-24-10-7-14(13)12-25-18(28)26(17(27)19(25)8-9-19)15-3-5-16(6-4-15)31(29,30)20(21,22)23/h3-7,10-11H,2,8-9,12H2,1H3. The molecule has 2 aromatic rings. The third-order valence-electron chi connectivity index (χ3n) is 5.69. The Morgan fingerprint density at radius 3 is 2.26 bits per heavy atom. The van der Waals surface area contributed by atoms with Gasteiger partial charge in [0.25, 0.3) is 15.7 Å². The normalized spacial score (nSPS) is 18.2. The SMILES string of the molecule is CCc1cnccc1CN1C(=O)N(c2ccc(S(=O)(=O)C(F)(F)F)cc2)C(=O)C12CC2. The van der Waals surface area contributed by atoms with E-state index in [0.29, 0.717) is 19.3 Å². The average Bonchev–Trinajstić information content (AvgIpc) is 3.50. The summed E-state index contributed by atoms with van der Waals surface area (Å²) in [5.74, 6) is -0.462. The summed E-state index contributed by atoms with van der Waals surface area (Å²) in [5.41, 5.74) is -4.58. The zero-order chi connectivity index (χ0) is 22.6. The van der Waals surface area contributed by atoms with E-state index in [0.717, 1.165) is 40.3 Å². The van der Waals surface area contributed by atoms with E-state index in [1.807, 2.05) is 6.92 Å². The first kappa shape index (κ1) is 21.3. The van der Waals surface area contributed by atoms with E-state index in [4.69, 9.17) is 0 Å². The molecular weight excluding hydrogens is 435 g/mol. The van der Waals surface area contributed by atoms with Crippen molar-refractivity contribution >= 4 is 27.5 Å². The highest BCUT2D eigenvalue weighted by molar-refractivity contribution is 7.92. The second-order valence-electron chi connectivity index (χ2n) is 7.48. The number of anilines is 1. The second-order valence-corrected chi connectivity index (χ2v) is 9.42. The molecule has 2 heterocycles. The summed E-state index contributed by atoms with van der Waals surface area (Å²) in [4.78, 5) is 31.7. The number of carbonyl (C=O) groups excluding carboxylic acids is 2. The van der Waals surface area contributed by atoms with Crippen LogP contribution >= 0.6 is 0 Å². The monoisotopic (exact) mass is 453 g/mol. The van der Waals surface area contributed by atoms with Gasteiger partial charge in [-0.2, -0.15) is 13.2 Å². The number of halogens is 3. The molecule has 1 aromatic carbocycles. The molecule has 2 fully saturated rings. The number of aryl methyl sites for hydroxylation is 1. The molecule has 164 valence electrons. The molecular formula is C20H18F3N3O4S. The number of amides is 3. The van der Waals surface area contributed by atoms with Gasteiger partial charge in [0.2, 0.25) is 0 Å². The van der Waals surface area contributed by atoms with E-state index in [2.05, 4.69) is 4.98 Å². The molecule has 0 unspecified atom stereocenters. The Balaban J connectivity index is 1.65. The highest BCUT2D eigenvalue weighted by atomic mass is 32.2. The maximum Gasteiger partial charge on any atom is 0.501 e. The van der Waals surface area contributed by atoms with Crippen LogP contribution in [0.1, 0.15) is 30.9 Å². The zero-order valence-corrected chi connectivity index (χ0v) is 17.2. The lowest BCUT2D eigenvalue weighted by atomic mass is 10.1. The summed E-state index contributed by atoms with van der Waals surface area (Å²) in [6.07, 6.45) is 4.98. The van der Waals surface area contributed by atoms with Gasteiger partial charge >= 0.3 is 11.5 Å². The molecule has 4 rings (SSSR count). The van der Waals surface area contributed by atoms with E-state index in [9.17, 15) is 31.2 Å². The molecule has 1 saturated heterocycles. The van der Waals surface area contributed by atoms with Crippen LogP contribution in [0.3, 0.4) is 0 Å². The number of pyridine rings is 1. The molecule has 1 saturated carbocycles. The molecule has 7 nitrogen and oxygen atoms in total. The van der Waals surface area contributed by atoms with E-state index in [-0.39, 0.29) is 12.2 Å². The number of sulfone groups is 1. The van der Waals surface area contributed by atoms with Gasteiger partial charge < -0.3 is 4.90 Å². The lowest BCUT2D eigenvalue weighted by molar-refractivity contribution is -0.120. The number of nitrogens with zero attached hydrogens (tertiary/aromatic N) is 3. The predicted octanol–water partition coefficient (Wildman–Crippen LogP) is 3.44. The fourth-order valence-electron chi connectivity index (χ4n) is 3.77. The van der Waals surface area contributed by atoms with Crippen molar-refractivity contribution in [1.29, 1.82) is 0 Å². The van der Waals surface area contributed by atoms with Crippen molar-refractivity contribution in [2.24, 2.45) is 0 Å². The van der Waals surface area contributed by atoms with Gasteiger partial charge in [0, 0.05) is 18.9 Å². The topological polar surface area (TPSA) is 87.7 Å². The maximum atomic E-state index is 13.1. The number of carbonyl (C=O) groups is 2. The van der Waals surface area contributed by atoms with Crippen LogP contribution < -0.4 is 4.90 Å². The van der Waals surface area contributed by atoms with Crippen LogP contribution in [-0.2, 0) is 27.6 Å².